The molecule has 2 aromatic rings. The highest BCUT2D eigenvalue weighted by atomic mass is 16.5. The summed E-state index contributed by atoms with van der Waals surface area (Å²) in [5, 5.41) is 0. The first-order valence-electron chi connectivity index (χ1n) is 11.0. The quantitative estimate of drug-likeness (QED) is 0.253. The fourth-order valence-electron chi connectivity index (χ4n) is 3.67. The van der Waals surface area contributed by atoms with E-state index in [1.807, 2.05) is 0 Å². The van der Waals surface area contributed by atoms with Crippen LogP contribution in [-0.2, 0) is 16.0 Å². The second-order valence-electron chi connectivity index (χ2n) is 7.93. The van der Waals surface area contributed by atoms with Crippen LogP contribution in [-0.4, -0.2) is 19.2 Å². The number of hydrogen-bond donors (Lipinski definition) is 0. The van der Waals surface area contributed by atoms with Gasteiger partial charge in [0.05, 0.1) is 13.2 Å². The van der Waals surface area contributed by atoms with E-state index in [-0.39, 0.29) is 5.97 Å². The van der Waals surface area contributed by atoms with Gasteiger partial charge < -0.3 is 9.47 Å². The highest BCUT2D eigenvalue weighted by Crippen LogP contribution is 2.31. The number of allylic oxidation sites excluding steroid dienone is 1. The molecule has 158 valence electrons. The molecule has 0 aromatic heterocycles. The molecule has 2 aromatic carbocycles. The van der Waals surface area contributed by atoms with Gasteiger partial charge in [0.15, 0.2) is 0 Å². The fraction of sp³-hybridized carbons (Fsp3) is 0.370. The lowest BCUT2D eigenvalue weighted by molar-refractivity contribution is -0.139. The van der Waals surface area contributed by atoms with Crippen LogP contribution < -0.4 is 4.74 Å². The van der Waals surface area contributed by atoms with E-state index in [2.05, 4.69) is 61.2 Å². The van der Waals surface area contributed by atoms with Crippen molar-refractivity contribution >= 4 is 17.6 Å². The van der Waals surface area contributed by atoms with Crippen molar-refractivity contribution in [2.75, 3.05) is 13.2 Å². The van der Waals surface area contributed by atoms with Gasteiger partial charge in [0.1, 0.15) is 5.75 Å². The van der Waals surface area contributed by atoms with E-state index in [0.717, 1.165) is 57.3 Å². The molecular weight excluding hydrogens is 372 g/mol. The third kappa shape index (κ3) is 6.62. The molecule has 0 saturated heterocycles. The second-order valence-corrected chi connectivity index (χ2v) is 7.93. The minimum Gasteiger partial charge on any atom is -0.494 e. The summed E-state index contributed by atoms with van der Waals surface area (Å²) in [6.07, 6.45) is 9.68. The molecule has 3 heteroatoms. The molecule has 0 amide bonds. The average molecular weight is 405 g/mol. The third-order valence-electron chi connectivity index (χ3n) is 5.37. The molecule has 0 heterocycles. The third-order valence-corrected chi connectivity index (χ3v) is 5.37. The zero-order valence-electron chi connectivity index (χ0n) is 18.0. The highest BCUT2D eigenvalue weighted by Gasteiger charge is 2.11. The first kappa shape index (κ1) is 21.9. The van der Waals surface area contributed by atoms with Crippen molar-refractivity contribution in [2.45, 2.75) is 51.9 Å². The van der Waals surface area contributed by atoms with Crippen LogP contribution in [0.15, 0.2) is 60.7 Å². The van der Waals surface area contributed by atoms with Crippen LogP contribution in [0.25, 0.3) is 11.6 Å². The molecule has 0 spiro atoms. The van der Waals surface area contributed by atoms with Gasteiger partial charge >= 0.3 is 5.97 Å². The maximum Gasteiger partial charge on any atom is 0.333 e. The fourth-order valence-corrected chi connectivity index (χ4v) is 3.67. The molecule has 0 radical (unpaired) electrons. The van der Waals surface area contributed by atoms with Crippen LogP contribution in [0.4, 0.5) is 0 Å². The Morgan fingerprint density at radius 3 is 2.50 bits per heavy atom. The van der Waals surface area contributed by atoms with Crippen molar-refractivity contribution in [3.63, 3.8) is 0 Å². The van der Waals surface area contributed by atoms with Gasteiger partial charge in [-0.25, -0.2) is 4.79 Å². The molecule has 0 unspecified atom stereocenters. The topological polar surface area (TPSA) is 35.5 Å². The number of ether oxygens (including phenoxy) is 2. The number of carbonyl (C=O) groups excluding carboxylic acids is 1. The predicted octanol–water partition coefficient (Wildman–Crippen LogP) is 6.62. The van der Waals surface area contributed by atoms with Crippen molar-refractivity contribution in [1.29, 1.82) is 0 Å². The zero-order valence-corrected chi connectivity index (χ0v) is 18.0. The van der Waals surface area contributed by atoms with E-state index < -0.39 is 0 Å². The summed E-state index contributed by atoms with van der Waals surface area (Å²) in [6.45, 7) is 6.43. The molecule has 0 fully saturated rings. The average Bonchev–Trinajstić information content (AvgIpc) is 2.98. The van der Waals surface area contributed by atoms with Gasteiger partial charge in [-0.2, -0.15) is 0 Å². The Kier molecular flexibility index (Phi) is 8.31. The Morgan fingerprint density at radius 1 is 0.967 bits per heavy atom. The van der Waals surface area contributed by atoms with Gasteiger partial charge in [-0.05, 0) is 86.3 Å². The molecular formula is C27H32O3. The lowest BCUT2D eigenvalue weighted by Gasteiger charge is -2.10. The Labute approximate surface area is 180 Å². The van der Waals surface area contributed by atoms with Crippen molar-refractivity contribution in [3.8, 4) is 5.75 Å². The molecule has 1 aliphatic rings. The number of carbonyl (C=O) groups is 1. The van der Waals surface area contributed by atoms with Gasteiger partial charge in [0.25, 0.3) is 0 Å². The van der Waals surface area contributed by atoms with Gasteiger partial charge in [-0.1, -0.05) is 49.1 Å². The maximum atomic E-state index is 11.3. The number of aryl methyl sites for hydroxylation is 1. The summed E-state index contributed by atoms with van der Waals surface area (Å²) in [5.41, 5.74) is 5.87. The number of benzene rings is 2. The van der Waals surface area contributed by atoms with Crippen molar-refractivity contribution < 1.29 is 14.3 Å². The summed E-state index contributed by atoms with van der Waals surface area (Å²) in [7, 11) is 0. The smallest absolute Gasteiger partial charge is 0.333 e. The van der Waals surface area contributed by atoms with Gasteiger partial charge in [-0.3, -0.25) is 0 Å². The Balaban J connectivity index is 1.42. The van der Waals surface area contributed by atoms with Crippen LogP contribution in [0.5, 0.6) is 5.75 Å². The summed E-state index contributed by atoms with van der Waals surface area (Å²) < 4.78 is 11.1. The van der Waals surface area contributed by atoms with Crippen LogP contribution in [0.3, 0.4) is 0 Å². The van der Waals surface area contributed by atoms with Crippen molar-refractivity contribution in [2.24, 2.45) is 0 Å². The van der Waals surface area contributed by atoms with E-state index >= 15 is 0 Å². The van der Waals surface area contributed by atoms with Gasteiger partial charge in [0, 0.05) is 5.57 Å². The summed E-state index contributed by atoms with van der Waals surface area (Å²) in [4.78, 5) is 11.3. The standard InChI is InChI=1S/C27H32O3/c1-21(2)27(28)30-18-9-4-3-8-17-29-26-16-15-25-19-23(13-10-14-24(25)20-26)22-11-6-5-7-12-22/h5-7,11-12,15-16,19-20H,1,3-4,8-10,13-14,17-18H2,2H3. The zero-order chi connectivity index (χ0) is 21.2. The monoisotopic (exact) mass is 404 g/mol. The molecule has 0 saturated carbocycles. The Bertz CT molecular complexity index is 880. The minimum absolute atomic E-state index is 0.299. The number of hydrogen-bond acceptors (Lipinski definition) is 3. The molecule has 3 rings (SSSR count). The summed E-state index contributed by atoms with van der Waals surface area (Å²) in [6, 6.07) is 17.1. The summed E-state index contributed by atoms with van der Waals surface area (Å²) >= 11 is 0. The maximum absolute atomic E-state index is 11.3. The first-order chi connectivity index (χ1) is 14.6. The molecule has 0 bridgehead atoms. The van der Waals surface area contributed by atoms with E-state index in [9.17, 15) is 4.79 Å². The van der Waals surface area contributed by atoms with Gasteiger partial charge in [-0.15, -0.1) is 0 Å². The largest absolute Gasteiger partial charge is 0.494 e. The SMILES string of the molecule is C=C(C)C(=O)OCCCCCCOc1ccc2c(c1)CCCC(c1ccccc1)=C2. The Morgan fingerprint density at radius 2 is 1.73 bits per heavy atom. The van der Waals surface area contributed by atoms with Gasteiger partial charge in [0.2, 0.25) is 0 Å². The van der Waals surface area contributed by atoms with Crippen molar-refractivity contribution in [1.82, 2.24) is 0 Å². The van der Waals surface area contributed by atoms with Crippen LogP contribution in [0.1, 0.15) is 62.1 Å². The van der Waals surface area contributed by atoms with E-state index in [1.165, 1.54) is 22.3 Å². The lowest BCUT2D eigenvalue weighted by atomic mass is 10.0. The Hall–Kier alpha value is -2.81. The molecule has 30 heavy (non-hydrogen) atoms. The van der Waals surface area contributed by atoms with E-state index in [0.29, 0.717) is 12.2 Å². The second kappa shape index (κ2) is 11.4. The molecule has 0 N–H and O–H groups in total. The summed E-state index contributed by atoms with van der Waals surface area (Å²) in [5.74, 6) is 0.660. The lowest BCUT2D eigenvalue weighted by Crippen LogP contribution is -2.06. The number of esters is 1. The number of fused-ring (bicyclic) bond motifs is 1. The van der Waals surface area contributed by atoms with Crippen molar-refractivity contribution in [3.05, 3.63) is 77.4 Å². The molecule has 3 nitrogen and oxygen atoms in total. The first-order valence-corrected chi connectivity index (χ1v) is 11.0. The highest BCUT2D eigenvalue weighted by molar-refractivity contribution is 5.86. The van der Waals surface area contributed by atoms with E-state index in [4.69, 9.17) is 9.47 Å². The molecule has 0 atom stereocenters. The van der Waals surface area contributed by atoms with Crippen LogP contribution >= 0.6 is 0 Å². The number of unbranched alkanes of at least 4 members (excludes halogenated alkanes) is 3. The molecule has 0 aliphatic heterocycles. The molecule has 1 aliphatic carbocycles. The number of rotatable bonds is 10. The van der Waals surface area contributed by atoms with Crippen LogP contribution in [0, 0.1) is 0 Å². The normalized spacial score (nSPS) is 13.0. The minimum atomic E-state index is -0.299. The van der Waals surface area contributed by atoms with Crippen LogP contribution in [0.2, 0.25) is 0 Å². The van der Waals surface area contributed by atoms with E-state index in [1.54, 1.807) is 6.92 Å². The predicted molar refractivity (Wildman–Crippen MR) is 123 cm³/mol.